The number of carbonyl (C=O) groups excluding carboxylic acids is 2. The lowest BCUT2D eigenvalue weighted by molar-refractivity contribution is -0.136. The van der Waals surface area contributed by atoms with Gasteiger partial charge in [0.2, 0.25) is 11.8 Å². The second-order valence-corrected chi connectivity index (χ2v) is 9.57. The van der Waals surface area contributed by atoms with Crippen LogP contribution in [0.25, 0.3) is 0 Å². The van der Waals surface area contributed by atoms with Crippen molar-refractivity contribution in [1.82, 2.24) is 20.0 Å². The molecule has 1 aromatic rings. The number of nitrogens with one attached hydrogen (secondary N) is 1. The number of rotatable bonds is 7. The van der Waals surface area contributed by atoms with E-state index in [1.807, 2.05) is 23.1 Å². The Balaban J connectivity index is 1.25. The molecule has 6 nitrogen and oxygen atoms in total. The summed E-state index contributed by atoms with van der Waals surface area (Å²) in [4.78, 5) is 31.9. The van der Waals surface area contributed by atoms with Crippen molar-refractivity contribution in [3.8, 4) is 0 Å². The quantitative estimate of drug-likeness (QED) is 0.699. The molecule has 0 radical (unpaired) electrons. The van der Waals surface area contributed by atoms with Gasteiger partial charge in [-0.15, -0.1) is 0 Å². The first-order valence-corrected chi connectivity index (χ1v) is 12.3. The van der Waals surface area contributed by atoms with Gasteiger partial charge < -0.3 is 10.2 Å². The summed E-state index contributed by atoms with van der Waals surface area (Å²) < 4.78 is 0. The third-order valence-corrected chi connectivity index (χ3v) is 7.40. The molecular weight excluding hydrogens is 412 g/mol. The minimum atomic E-state index is 0.0561. The average Bonchev–Trinajstić information content (AvgIpc) is 3.50. The molecule has 0 aliphatic carbocycles. The summed E-state index contributed by atoms with van der Waals surface area (Å²) in [6.07, 6.45) is 6.38. The van der Waals surface area contributed by atoms with E-state index in [1.54, 1.807) is 0 Å². The van der Waals surface area contributed by atoms with Gasteiger partial charge in [0.25, 0.3) is 0 Å². The third kappa shape index (κ3) is 5.79. The van der Waals surface area contributed by atoms with Gasteiger partial charge in [-0.3, -0.25) is 19.4 Å². The maximum absolute atomic E-state index is 12.7. The van der Waals surface area contributed by atoms with Crippen molar-refractivity contribution in [2.24, 2.45) is 5.92 Å². The van der Waals surface area contributed by atoms with Crippen molar-refractivity contribution in [3.05, 3.63) is 34.9 Å². The lowest BCUT2D eigenvalue weighted by atomic mass is 9.95. The predicted octanol–water partition coefficient (Wildman–Crippen LogP) is 2.93. The van der Waals surface area contributed by atoms with Crippen LogP contribution >= 0.6 is 11.6 Å². The molecule has 31 heavy (non-hydrogen) atoms. The number of nitrogens with zero attached hydrogens (tertiary/aromatic N) is 3. The zero-order valence-corrected chi connectivity index (χ0v) is 19.2. The fourth-order valence-corrected chi connectivity index (χ4v) is 5.50. The van der Waals surface area contributed by atoms with Gasteiger partial charge in [0.1, 0.15) is 0 Å². The molecule has 1 N–H and O–H groups in total. The van der Waals surface area contributed by atoms with Crippen molar-refractivity contribution in [1.29, 1.82) is 0 Å². The van der Waals surface area contributed by atoms with Crippen LogP contribution in [0.1, 0.15) is 50.1 Å². The van der Waals surface area contributed by atoms with Crippen molar-refractivity contribution in [2.75, 3.05) is 52.4 Å². The Bertz CT molecular complexity index is 754. The van der Waals surface area contributed by atoms with E-state index in [1.165, 1.54) is 12.8 Å². The van der Waals surface area contributed by atoms with Crippen LogP contribution in [0.5, 0.6) is 0 Å². The largest absolute Gasteiger partial charge is 0.353 e. The zero-order valence-electron chi connectivity index (χ0n) is 18.4. The van der Waals surface area contributed by atoms with Crippen LogP contribution < -0.4 is 5.32 Å². The number of hydrogen-bond acceptors (Lipinski definition) is 4. The number of benzene rings is 1. The monoisotopic (exact) mass is 446 g/mol. The van der Waals surface area contributed by atoms with Crippen LogP contribution in [-0.4, -0.2) is 78.9 Å². The molecule has 1 atom stereocenters. The molecule has 1 aromatic carbocycles. The highest BCUT2D eigenvalue weighted by Crippen LogP contribution is 2.29. The van der Waals surface area contributed by atoms with E-state index in [4.69, 9.17) is 11.6 Å². The molecular formula is C24H35ClN4O2. The molecule has 170 valence electrons. The highest BCUT2D eigenvalue weighted by Gasteiger charge is 2.31. The lowest BCUT2D eigenvalue weighted by Gasteiger charge is -2.33. The highest BCUT2D eigenvalue weighted by atomic mass is 35.5. The van der Waals surface area contributed by atoms with Crippen LogP contribution in [0.3, 0.4) is 0 Å². The summed E-state index contributed by atoms with van der Waals surface area (Å²) in [6, 6.07) is 8.07. The van der Waals surface area contributed by atoms with Gasteiger partial charge in [-0.1, -0.05) is 29.8 Å². The van der Waals surface area contributed by atoms with Gasteiger partial charge in [-0.05, 0) is 76.3 Å². The van der Waals surface area contributed by atoms with Crippen LogP contribution in [0.15, 0.2) is 24.3 Å². The zero-order chi connectivity index (χ0) is 21.6. The fourth-order valence-electron chi connectivity index (χ4n) is 5.24. The van der Waals surface area contributed by atoms with Gasteiger partial charge in [0.05, 0.1) is 12.6 Å². The summed E-state index contributed by atoms with van der Waals surface area (Å²) in [6.45, 7) is 6.55. The molecule has 3 fully saturated rings. The Kier molecular flexibility index (Phi) is 7.86. The molecule has 0 aromatic heterocycles. The number of hydrogen-bond donors (Lipinski definition) is 1. The second-order valence-electron chi connectivity index (χ2n) is 9.17. The van der Waals surface area contributed by atoms with E-state index in [9.17, 15) is 9.59 Å². The number of likely N-dealkylation sites (tertiary alicyclic amines) is 3. The maximum atomic E-state index is 12.7. The van der Waals surface area contributed by atoms with E-state index in [0.717, 1.165) is 75.5 Å². The van der Waals surface area contributed by atoms with Gasteiger partial charge in [0, 0.05) is 30.6 Å². The van der Waals surface area contributed by atoms with Crippen LogP contribution in [0, 0.1) is 5.92 Å². The van der Waals surface area contributed by atoms with Crippen LogP contribution in [0.4, 0.5) is 0 Å². The molecule has 1 unspecified atom stereocenters. The molecule has 3 saturated heterocycles. The Morgan fingerprint density at radius 2 is 1.61 bits per heavy atom. The van der Waals surface area contributed by atoms with Crippen molar-refractivity contribution >= 4 is 23.4 Å². The molecule has 3 heterocycles. The Hall–Kier alpha value is -1.63. The molecule has 0 bridgehead atoms. The number of halogens is 1. The Morgan fingerprint density at radius 1 is 0.968 bits per heavy atom. The summed E-state index contributed by atoms with van der Waals surface area (Å²) in [5, 5.41) is 3.92. The predicted molar refractivity (Wildman–Crippen MR) is 123 cm³/mol. The molecule has 3 aliphatic rings. The minimum absolute atomic E-state index is 0.0561. The van der Waals surface area contributed by atoms with Crippen molar-refractivity contribution in [2.45, 2.75) is 44.6 Å². The van der Waals surface area contributed by atoms with E-state index in [2.05, 4.69) is 21.2 Å². The van der Waals surface area contributed by atoms with Crippen LogP contribution in [0.2, 0.25) is 5.02 Å². The van der Waals surface area contributed by atoms with Gasteiger partial charge in [0.15, 0.2) is 0 Å². The lowest BCUT2D eigenvalue weighted by Crippen LogP contribution is -2.46. The third-order valence-electron chi connectivity index (χ3n) is 7.06. The molecule has 0 spiro atoms. The standard InChI is InChI=1S/C24H35ClN4O2/c25-21-8-2-1-7-20(21)22(28-11-3-4-12-28)17-26-23(30)18-27-15-9-19(10-16-27)24(31)29-13-5-6-14-29/h1-2,7-8,19,22H,3-6,9-18H2,(H,26,30). The smallest absolute Gasteiger partial charge is 0.234 e. The summed E-state index contributed by atoms with van der Waals surface area (Å²) >= 11 is 6.48. The van der Waals surface area contributed by atoms with E-state index < -0.39 is 0 Å². The fraction of sp³-hybridized carbons (Fsp3) is 0.667. The number of carbonyl (C=O) groups is 2. The van der Waals surface area contributed by atoms with Gasteiger partial charge >= 0.3 is 0 Å². The highest BCUT2D eigenvalue weighted by molar-refractivity contribution is 6.31. The van der Waals surface area contributed by atoms with Crippen LogP contribution in [-0.2, 0) is 9.59 Å². The molecule has 3 aliphatic heterocycles. The van der Waals surface area contributed by atoms with Crippen molar-refractivity contribution < 1.29 is 9.59 Å². The maximum Gasteiger partial charge on any atom is 0.234 e. The second kappa shape index (κ2) is 10.8. The summed E-state index contributed by atoms with van der Waals surface area (Å²) in [5.41, 5.74) is 1.09. The molecule has 2 amide bonds. The normalized spacial score (nSPS) is 22.0. The topological polar surface area (TPSA) is 55.9 Å². The van der Waals surface area contributed by atoms with Crippen molar-refractivity contribution in [3.63, 3.8) is 0 Å². The molecule has 4 rings (SSSR count). The van der Waals surface area contributed by atoms with Gasteiger partial charge in [-0.25, -0.2) is 0 Å². The summed E-state index contributed by atoms with van der Waals surface area (Å²) in [7, 11) is 0. The number of amides is 2. The summed E-state index contributed by atoms with van der Waals surface area (Å²) in [5.74, 6) is 0.521. The Labute approximate surface area is 190 Å². The molecule has 0 saturated carbocycles. The van der Waals surface area contributed by atoms with Gasteiger partial charge in [-0.2, -0.15) is 0 Å². The molecule has 7 heteroatoms. The number of piperidine rings is 1. The van der Waals surface area contributed by atoms with E-state index >= 15 is 0 Å². The minimum Gasteiger partial charge on any atom is -0.353 e. The van der Waals surface area contributed by atoms with E-state index in [0.29, 0.717) is 19.0 Å². The first kappa shape index (κ1) is 22.6. The Morgan fingerprint density at radius 3 is 2.29 bits per heavy atom. The first-order valence-electron chi connectivity index (χ1n) is 11.9. The van der Waals surface area contributed by atoms with E-state index in [-0.39, 0.29) is 17.9 Å². The first-order chi connectivity index (χ1) is 15.1. The SMILES string of the molecule is O=C(CN1CCC(C(=O)N2CCCC2)CC1)NCC(c1ccccc1Cl)N1CCCC1. The average molecular weight is 447 g/mol.